The fraction of sp³-hybridized carbons (Fsp3) is 0.647. The van der Waals surface area contributed by atoms with Crippen LogP contribution in [0.25, 0.3) is 0 Å². The molecule has 114 valence electrons. The standard InChI is InChI=1S/C17H20BrFO2/c18-10-17(5-6-20-16(17)11-1-2-11)9-14-8-12-7-13(19)3-4-15(12)21-14/h3-4,7,11,14,16H,1-2,5-6,8-10H2. The molecule has 2 nitrogen and oxygen atoms in total. The average molecular weight is 355 g/mol. The Morgan fingerprint density at radius 2 is 2.19 bits per heavy atom. The van der Waals surface area contributed by atoms with Crippen LogP contribution in [0.2, 0.25) is 0 Å². The minimum absolute atomic E-state index is 0.155. The van der Waals surface area contributed by atoms with Crippen molar-refractivity contribution in [2.75, 3.05) is 11.9 Å². The van der Waals surface area contributed by atoms with E-state index in [1.54, 1.807) is 12.1 Å². The van der Waals surface area contributed by atoms with Crippen molar-refractivity contribution >= 4 is 15.9 Å². The van der Waals surface area contributed by atoms with Gasteiger partial charge in [-0.1, -0.05) is 15.9 Å². The van der Waals surface area contributed by atoms with Crippen LogP contribution < -0.4 is 4.74 Å². The summed E-state index contributed by atoms with van der Waals surface area (Å²) in [7, 11) is 0. The Balaban J connectivity index is 1.50. The first-order valence-corrected chi connectivity index (χ1v) is 8.95. The van der Waals surface area contributed by atoms with Crippen LogP contribution in [-0.2, 0) is 11.2 Å². The van der Waals surface area contributed by atoms with Crippen molar-refractivity contribution in [2.24, 2.45) is 11.3 Å². The van der Waals surface area contributed by atoms with E-state index in [0.717, 1.165) is 48.4 Å². The van der Waals surface area contributed by atoms with Gasteiger partial charge in [0.15, 0.2) is 0 Å². The fourth-order valence-electron chi connectivity index (χ4n) is 4.02. The molecule has 1 aromatic carbocycles. The Hall–Kier alpha value is -0.610. The van der Waals surface area contributed by atoms with Gasteiger partial charge in [0.2, 0.25) is 0 Å². The third kappa shape index (κ3) is 2.50. The average Bonchev–Trinajstić information content (AvgIpc) is 3.11. The van der Waals surface area contributed by atoms with E-state index < -0.39 is 0 Å². The molecule has 3 aliphatic rings. The molecular formula is C17H20BrFO2. The predicted octanol–water partition coefficient (Wildman–Crippen LogP) is 4.10. The van der Waals surface area contributed by atoms with Gasteiger partial charge in [0, 0.05) is 29.3 Å². The normalized spacial score (nSPS) is 34.8. The van der Waals surface area contributed by atoms with Crippen LogP contribution in [0, 0.1) is 17.2 Å². The van der Waals surface area contributed by atoms with E-state index in [0.29, 0.717) is 6.10 Å². The number of hydrogen-bond donors (Lipinski definition) is 0. The van der Waals surface area contributed by atoms with Crippen molar-refractivity contribution < 1.29 is 13.9 Å². The molecule has 0 radical (unpaired) electrons. The molecule has 0 N–H and O–H groups in total. The lowest BCUT2D eigenvalue weighted by atomic mass is 9.76. The highest BCUT2D eigenvalue weighted by Gasteiger charge is 2.51. The Labute approximate surface area is 133 Å². The van der Waals surface area contributed by atoms with Crippen LogP contribution in [0.1, 0.15) is 31.2 Å². The Morgan fingerprint density at radius 1 is 1.33 bits per heavy atom. The van der Waals surface area contributed by atoms with Gasteiger partial charge in [-0.05, 0) is 49.8 Å². The van der Waals surface area contributed by atoms with Gasteiger partial charge in [0.1, 0.15) is 17.7 Å². The van der Waals surface area contributed by atoms with E-state index in [4.69, 9.17) is 9.47 Å². The lowest BCUT2D eigenvalue weighted by molar-refractivity contribution is 0.0217. The van der Waals surface area contributed by atoms with Gasteiger partial charge in [-0.25, -0.2) is 4.39 Å². The first-order chi connectivity index (χ1) is 10.2. The number of benzene rings is 1. The quantitative estimate of drug-likeness (QED) is 0.757. The number of alkyl halides is 1. The second kappa shape index (κ2) is 5.24. The van der Waals surface area contributed by atoms with Gasteiger partial charge in [-0.3, -0.25) is 0 Å². The third-order valence-corrected chi connectivity index (χ3v) is 6.33. The minimum Gasteiger partial charge on any atom is -0.490 e. The van der Waals surface area contributed by atoms with Gasteiger partial charge in [-0.2, -0.15) is 0 Å². The molecule has 2 fully saturated rings. The van der Waals surface area contributed by atoms with Gasteiger partial charge in [-0.15, -0.1) is 0 Å². The summed E-state index contributed by atoms with van der Waals surface area (Å²) in [5.41, 5.74) is 1.19. The summed E-state index contributed by atoms with van der Waals surface area (Å²) in [6.45, 7) is 0.862. The second-order valence-corrected chi connectivity index (χ2v) is 7.34. The van der Waals surface area contributed by atoms with E-state index in [9.17, 15) is 4.39 Å². The number of rotatable bonds is 4. The first kappa shape index (κ1) is 14.0. The molecule has 0 bridgehead atoms. The van der Waals surface area contributed by atoms with Crippen molar-refractivity contribution in [3.05, 3.63) is 29.6 Å². The van der Waals surface area contributed by atoms with Crippen molar-refractivity contribution in [1.29, 1.82) is 0 Å². The summed E-state index contributed by atoms with van der Waals surface area (Å²) in [5, 5.41) is 0.964. The predicted molar refractivity (Wildman–Crippen MR) is 82.4 cm³/mol. The molecule has 0 amide bonds. The van der Waals surface area contributed by atoms with Crippen molar-refractivity contribution in [3.8, 4) is 5.75 Å². The Morgan fingerprint density at radius 3 is 2.95 bits per heavy atom. The van der Waals surface area contributed by atoms with Gasteiger partial charge in [0.05, 0.1) is 6.10 Å². The lowest BCUT2D eigenvalue weighted by Gasteiger charge is -2.34. The Kier molecular flexibility index (Phi) is 3.49. The zero-order chi connectivity index (χ0) is 14.4. The van der Waals surface area contributed by atoms with Gasteiger partial charge >= 0.3 is 0 Å². The van der Waals surface area contributed by atoms with Crippen LogP contribution in [0.4, 0.5) is 4.39 Å². The smallest absolute Gasteiger partial charge is 0.123 e. The molecule has 4 rings (SSSR count). The van der Waals surface area contributed by atoms with Crippen molar-refractivity contribution in [1.82, 2.24) is 0 Å². The van der Waals surface area contributed by atoms with Gasteiger partial charge < -0.3 is 9.47 Å². The molecule has 0 spiro atoms. The number of halogens is 2. The molecule has 0 aromatic heterocycles. The van der Waals surface area contributed by atoms with Crippen molar-refractivity contribution in [3.63, 3.8) is 0 Å². The summed E-state index contributed by atoms with van der Waals surface area (Å²) in [5.74, 6) is 1.42. The summed E-state index contributed by atoms with van der Waals surface area (Å²) < 4.78 is 25.4. The molecule has 1 aromatic rings. The second-order valence-electron chi connectivity index (χ2n) is 6.77. The molecule has 3 atom stereocenters. The summed E-state index contributed by atoms with van der Waals surface area (Å²) in [6, 6.07) is 4.85. The molecule has 21 heavy (non-hydrogen) atoms. The highest BCUT2D eigenvalue weighted by Crippen LogP contribution is 2.52. The topological polar surface area (TPSA) is 18.5 Å². The largest absolute Gasteiger partial charge is 0.490 e. The minimum atomic E-state index is -0.173. The summed E-state index contributed by atoms with van der Waals surface area (Å²) in [6.07, 6.45) is 6.05. The van der Waals surface area contributed by atoms with Crippen molar-refractivity contribution in [2.45, 2.75) is 44.3 Å². The summed E-state index contributed by atoms with van der Waals surface area (Å²) >= 11 is 3.73. The maximum atomic E-state index is 13.3. The molecule has 1 saturated heterocycles. The van der Waals surface area contributed by atoms with E-state index >= 15 is 0 Å². The zero-order valence-electron chi connectivity index (χ0n) is 12.0. The van der Waals surface area contributed by atoms with E-state index in [1.807, 2.05) is 0 Å². The molecule has 2 heterocycles. The zero-order valence-corrected chi connectivity index (χ0v) is 13.6. The number of hydrogen-bond acceptors (Lipinski definition) is 2. The van der Waals surface area contributed by atoms with Crippen LogP contribution in [0.5, 0.6) is 5.75 Å². The van der Waals surface area contributed by atoms with E-state index in [-0.39, 0.29) is 17.3 Å². The maximum Gasteiger partial charge on any atom is 0.123 e. The number of ether oxygens (including phenoxy) is 2. The lowest BCUT2D eigenvalue weighted by Crippen LogP contribution is -2.38. The Bertz CT molecular complexity index is 546. The monoisotopic (exact) mass is 354 g/mol. The third-order valence-electron chi connectivity index (χ3n) is 5.22. The van der Waals surface area contributed by atoms with E-state index in [1.165, 1.54) is 18.9 Å². The molecule has 3 unspecified atom stereocenters. The first-order valence-electron chi connectivity index (χ1n) is 7.83. The summed E-state index contributed by atoms with van der Waals surface area (Å²) in [4.78, 5) is 0. The molecule has 1 aliphatic carbocycles. The van der Waals surface area contributed by atoms with Crippen LogP contribution in [0.3, 0.4) is 0 Å². The maximum absolute atomic E-state index is 13.3. The van der Waals surface area contributed by atoms with E-state index in [2.05, 4.69) is 15.9 Å². The van der Waals surface area contributed by atoms with Gasteiger partial charge in [0.25, 0.3) is 0 Å². The van der Waals surface area contributed by atoms with Crippen LogP contribution >= 0.6 is 15.9 Å². The fourth-order valence-corrected chi connectivity index (χ4v) is 4.84. The molecule has 2 aliphatic heterocycles. The molecular weight excluding hydrogens is 335 g/mol. The highest BCUT2D eigenvalue weighted by molar-refractivity contribution is 9.09. The highest BCUT2D eigenvalue weighted by atomic mass is 79.9. The molecule has 4 heteroatoms. The van der Waals surface area contributed by atoms with Crippen LogP contribution in [0.15, 0.2) is 18.2 Å². The SMILES string of the molecule is Fc1ccc2c(c1)CC(CC1(CBr)CCOC1C1CC1)O2. The molecule has 1 saturated carbocycles. The number of fused-ring (bicyclic) bond motifs is 1. The van der Waals surface area contributed by atoms with Crippen LogP contribution in [-0.4, -0.2) is 24.1 Å².